The van der Waals surface area contributed by atoms with E-state index in [1.165, 1.54) is 6.20 Å². The molecule has 94 valence electrons. The minimum Gasteiger partial charge on any atom is -0.387 e. The van der Waals surface area contributed by atoms with Crippen LogP contribution in [0.2, 0.25) is 5.02 Å². The summed E-state index contributed by atoms with van der Waals surface area (Å²) in [7, 11) is 0. The number of rotatable bonds is 4. The maximum atomic E-state index is 11.2. The van der Waals surface area contributed by atoms with Gasteiger partial charge in [0, 0.05) is 6.54 Å². The largest absolute Gasteiger partial charge is 0.387 e. The number of hydrogen-bond acceptors (Lipinski definition) is 4. The molecule has 0 aliphatic carbocycles. The van der Waals surface area contributed by atoms with Gasteiger partial charge in [0.1, 0.15) is 5.02 Å². The van der Waals surface area contributed by atoms with Crippen molar-refractivity contribution in [3.63, 3.8) is 0 Å². The second-order valence-corrected chi connectivity index (χ2v) is 4.11. The van der Waals surface area contributed by atoms with Crippen molar-refractivity contribution in [2.75, 3.05) is 11.9 Å². The zero-order chi connectivity index (χ0) is 13.0. The van der Waals surface area contributed by atoms with Crippen molar-refractivity contribution in [2.45, 2.75) is 6.10 Å². The molecule has 0 aliphatic rings. The van der Waals surface area contributed by atoms with Gasteiger partial charge >= 0.3 is 0 Å². The first-order chi connectivity index (χ1) is 8.68. The van der Waals surface area contributed by atoms with E-state index in [9.17, 15) is 9.90 Å². The molecule has 0 radical (unpaired) electrons. The Balaban J connectivity index is 2.04. The molecule has 18 heavy (non-hydrogen) atoms. The molecule has 3 N–H and O–H groups in total. The lowest BCUT2D eigenvalue weighted by Crippen LogP contribution is -2.16. The molecule has 1 aromatic carbocycles. The standard InChI is InChI=1S/C12H12ClN3O2/c13-11-9(6-15-16-12(11)18)14-7-10(17)8-4-2-1-3-5-8/h1-6,10,17H,7H2,(H2,14,16,18). The fourth-order valence-electron chi connectivity index (χ4n) is 1.51. The van der Waals surface area contributed by atoms with Gasteiger partial charge in [-0.2, -0.15) is 5.10 Å². The van der Waals surface area contributed by atoms with Crippen LogP contribution in [-0.2, 0) is 0 Å². The van der Waals surface area contributed by atoms with Gasteiger partial charge in [-0.05, 0) is 5.56 Å². The van der Waals surface area contributed by atoms with Crippen LogP contribution >= 0.6 is 11.6 Å². The number of aromatic amines is 1. The lowest BCUT2D eigenvalue weighted by molar-refractivity contribution is 0.191. The Morgan fingerprint density at radius 2 is 2.11 bits per heavy atom. The van der Waals surface area contributed by atoms with Gasteiger partial charge in [0.05, 0.1) is 18.0 Å². The monoisotopic (exact) mass is 265 g/mol. The highest BCUT2D eigenvalue weighted by molar-refractivity contribution is 6.32. The van der Waals surface area contributed by atoms with Gasteiger partial charge in [-0.1, -0.05) is 41.9 Å². The third-order valence-corrected chi connectivity index (χ3v) is 2.84. The van der Waals surface area contributed by atoms with Crippen LogP contribution in [0.4, 0.5) is 5.69 Å². The molecule has 6 heteroatoms. The smallest absolute Gasteiger partial charge is 0.285 e. The number of benzene rings is 1. The van der Waals surface area contributed by atoms with Crippen LogP contribution in [0.5, 0.6) is 0 Å². The first kappa shape index (κ1) is 12.6. The van der Waals surface area contributed by atoms with Gasteiger partial charge in [-0.15, -0.1) is 0 Å². The molecule has 0 fully saturated rings. The van der Waals surface area contributed by atoms with E-state index < -0.39 is 11.7 Å². The number of halogens is 1. The van der Waals surface area contributed by atoms with E-state index in [2.05, 4.69) is 15.5 Å². The van der Waals surface area contributed by atoms with Crippen molar-refractivity contribution in [3.8, 4) is 0 Å². The predicted octanol–water partition coefficient (Wildman–Crippen LogP) is 1.57. The van der Waals surface area contributed by atoms with E-state index in [1.807, 2.05) is 30.3 Å². The summed E-state index contributed by atoms with van der Waals surface area (Å²) in [5.41, 5.74) is 0.727. The van der Waals surface area contributed by atoms with Gasteiger partial charge in [0.25, 0.3) is 5.56 Å². The Bertz CT molecular complexity index is 571. The molecule has 0 bridgehead atoms. The van der Waals surface area contributed by atoms with E-state index in [4.69, 9.17) is 11.6 Å². The highest BCUT2D eigenvalue weighted by Gasteiger charge is 2.09. The van der Waals surface area contributed by atoms with E-state index in [0.717, 1.165) is 5.56 Å². The minimum absolute atomic E-state index is 0.0326. The third-order valence-electron chi connectivity index (χ3n) is 2.47. The van der Waals surface area contributed by atoms with Crippen molar-refractivity contribution in [2.24, 2.45) is 0 Å². The third kappa shape index (κ3) is 2.88. The summed E-state index contributed by atoms with van der Waals surface area (Å²) in [5, 5.41) is 18.7. The number of nitrogens with one attached hydrogen (secondary N) is 2. The number of nitrogens with zero attached hydrogens (tertiary/aromatic N) is 1. The quantitative estimate of drug-likeness (QED) is 0.784. The molecule has 1 unspecified atom stereocenters. The van der Waals surface area contributed by atoms with Crippen molar-refractivity contribution in [1.82, 2.24) is 10.2 Å². The zero-order valence-electron chi connectivity index (χ0n) is 9.43. The Labute approximate surface area is 108 Å². The molecule has 0 saturated heterocycles. The van der Waals surface area contributed by atoms with E-state index in [0.29, 0.717) is 5.69 Å². The molecular formula is C12H12ClN3O2. The molecule has 2 rings (SSSR count). The molecule has 0 saturated carbocycles. The molecule has 0 amide bonds. The summed E-state index contributed by atoms with van der Waals surface area (Å²) in [4.78, 5) is 11.2. The van der Waals surface area contributed by atoms with Crippen molar-refractivity contribution < 1.29 is 5.11 Å². The normalized spacial score (nSPS) is 12.1. The highest BCUT2D eigenvalue weighted by atomic mass is 35.5. The predicted molar refractivity (Wildman–Crippen MR) is 69.8 cm³/mol. The number of aliphatic hydroxyl groups excluding tert-OH is 1. The zero-order valence-corrected chi connectivity index (χ0v) is 10.2. The number of H-pyrrole nitrogens is 1. The Morgan fingerprint density at radius 3 is 2.83 bits per heavy atom. The average molecular weight is 266 g/mol. The number of aromatic nitrogens is 2. The van der Waals surface area contributed by atoms with Crippen molar-refractivity contribution in [3.05, 3.63) is 57.5 Å². The number of anilines is 1. The molecule has 5 nitrogen and oxygen atoms in total. The molecule has 1 heterocycles. The molecule has 0 aliphatic heterocycles. The lowest BCUT2D eigenvalue weighted by atomic mass is 10.1. The second kappa shape index (κ2) is 5.66. The average Bonchev–Trinajstić information content (AvgIpc) is 2.41. The van der Waals surface area contributed by atoms with Gasteiger partial charge in [0.2, 0.25) is 0 Å². The SMILES string of the molecule is O=c1[nH]ncc(NCC(O)c2ccccc2)c1Cl. The van der Waals surface area contributed by atoms with Crippen LogP contribution in [0.15, 0.2) is 41.3 Å². The molecule has 1 aromatic heterocycles. The number of aliphatic hydroxyl groups is 1. The van der Waals surface area contributed by atoms with E-state index in [1.54, 1.807) is 0 Å². The summed E-state index contributed by atoms with van der Waals surface area (Å²) in [5.74, 6) is 0. The molecule has 2 aromatic rings. The summed E-state index contributed by atoms with van der Waals surface area (Å²) >= 11 is 5.79. The van der Waals surface area contributed by atoms with Crippen LogP contribution < -0.4 is 10.9 Å². The van der Waals surface area contributed by atoms with Gasteiger partial charge in [-0.3, -0.25) is 4.79 Å². The summed E-state index contributed by atoms with van der Waals surface area (Å²) < 4.78 is 0. The first-order valence-corrected chi connectivity index (χ1v) is 5.76. The van der Waals surface area contributed by atoms with Crippen LogP contribution in [0.3, 0.4) is 0 Å². The topological polar surface area (TPSA) is 78.0 Å². The van der Waals surface area contributed by atoms with Crippen LogP contribution in [0, 0.1) is 0 Å². The van der Waals surface area contributed by atoms with E-state index >= 15 is 0 Å². The fourth-order valence-corrected chi connectivity index (χ4v) is 1.66. The van der Waals surface area contributed by atoms with Gasteiger partial charge in [0.15, 0.2) is 0 Å². The first-order valence-electron chi connectivity index (χ1n) is 5.38. The molecule has 1 atom stereocenters. The second-order valence-electron chi connectivity index (χ2n) is 3.73. The van der Waals surface area contributed by atoms with Crippen LogP contribution in [0.1, 0.15) is 11.7 Å². The lowest BCUT2D eigenvalue weighted by Gasteiger charge is -2.13. The molecule has 0 spiro atoms. The fraction of sp³-hybridized carbons (Fsp3) is 0.167. The highest BCUT2D eigenvalue weighted by Crippen LogP contribution is 2.17. The summed E-state index contributed by atoms with van der Waals surface area (Å²) in [6.45, 7) is 0.245. The maximum Gasteiger partial charge on any atom is 0.285 e. The Hall–Kier alpha value is -1.85. The van der Waals surface area contributed by atoms with Gasteiger partial charge in [-0.25, -0.2) is 5.10 Å². The Kier molecular flexibility index (Phi) is 3.96. The summed E-state index contributed by atoms with van der Waals surface area (Å²) in [6.07, 6.45) is 0.725. The maximum absolute atomic E-state index is 11.2. The minimum atomic E-state index is -0.679. The number of hydrogen-bond donors (Lipinski definition) is 3. The van der Waals surface area contributed by atoms with E-state index in [-0.39, 0.29) is 11.6 Å². The van der Waals surface area contributed by atoms with Crippen LogP contribution in [0.25, 0.3) is 0 Å². The summed E-state index contributed by atoms with van der Waals surface area (Å²) in [6, 6.07) is 9.22. The van der Waals surface area contributed by atoms with Crippen molar-refractivity contribution >= 4 is 17.3 Å². The van der Waals surface area contributed by atoms with Crippen molar-refractivity contribution in [1.29, 1.82) is 0 Å². The van der Waals surface area contributed by atoms with Gasteiger partial charge < -0.3 is 10.4 Å². The Morgan fingerprint density at radius 1 is 1.39 bits per heavy atom. The van der Waals surface area contributed by atoms with Crippen LogP contribution in [-0.4, -0.2) is 21.8 Å². The molecular weight excluding hydrogens is 254 g/mol.